The number of benzene rings is 1. The van der Waals surface area contributed by atoms with E-state index in [-0.39, 0.29) is 6.10 Å². The average molecular weight is 289 g/mol. The van der Waals surface area contributed by atoms with Crippen LogP contribution in [0.2, 0.25) is 0 Å². The van der Waals surface area contributed by atoms with Crippen LogP contribution in [0.15, 0.2) is 18.2 Å². The second-order valence-electron chi connectivity index (χ2n) is 6.90. The Hall–Kier alpha value is -0.860. The fourth-order valence-corrected chi connectivity index (χ4v) is 3.71. The summed E-state index contributed by atoms with van der Waals surface area (Å²) in [5.74, 6) is 0.930. The molecule has 2 heteroatoms. The molecule has 0 aromatic heterocycles. The van der Waals surface area contributed by atoms with Crippen LogP contribution in [0.4, 0.5) is 0 Å². The van der Waals surface area contributed by atoms with Gasteiger partial charge in [-0.05, 0) is 63.6 Å². The Balaban J connectivity index is 1.91. The lowest BCUT2D eigenvalue weighted by Gasteiger charge is -2.35. The molecule has 0 bridgehead atoms. The van der Waals surface area contributed by atoms with E-state index in [9.17, 15) is 5.11 Å². The minimum atomic E-state index is -0.375. The second-order valence-corrected chi connectivity index (χ2v) is 6.90. The first kappa shape index (κ1) is 16.5. The van der Waals surface area contributed by atoms with E-state index in [0.29, 0.717) is 6.04 Å². The predicted octanol–water partition coefficient (Wildman–Crippen LogP) is 4.24. The third kappa shape index (κ3) is 4.31. The average Bonchev–Trinajstić information content (AvgIpc) is 2.47. The Kier molecular flexibility index (Phi) is 5.83. The summed E-state index contributed by atoms with van der Waals surface area (Å²) < 4.78 is 0. The summed E-state index contributed by atoms with van der Waals surface area (Å²) in [6.07, 6.45) is 6.22. The van der Waals surface area contributed by atoms with Crippen molar-refractivity contribution in [1.29, 1.82) is 0 Å². The van der Waals surface area contributed by atoms with Gasteiger partial charge in [0, 0.05) is 12.6 Å². The molecule has 1 aliphatic carbocycles. The molecule has 1 N–H and O–H groups in total. The van der Waals surface area contributed by atoms with Gasteiger partial charge < -0.3 is 10.0 Å². The van der Waals surface area contributed by atoms with Crippen LogP contribution in [0.1, 0.15) is 61.8 Å². The Labute approximate surface area is 130 Å². The Bertz CT molecular complexity index is 449. The Morgan fingerprint density at radius 3 is 2.43 bits per heavy atom. The van der Waals surface area contributed by atoms with Gasteiger partial charge in [0.15, 0.2) is 0 Å². The first-order valence-corrected chi connectivity index (χ1v) is 8.46. The number of aliphatic hydroxyl groups excluding tert-OH is 1. The summed E-state index contributed by atoms with van der Waals surface area (Å²) in [5, 5.41) is 10.5. The van der Waals surface area contributed by atoms with Crippen molar-refractivity contribution in [2.75, 3.05) is 13.6 Å². The molecule has 0 aliphatic heterocycles. The van der Waals surface area contributed by atoms with Gasteiger partial charge in [0.25, 0.3) is 0 Å². The minimum absolute atomic E-state index is 0.375. The lowest BCUT2D eigenvalue weighted by Crippen LogP contribution is -2.37. The highest BCUT2D eigenvalue weighted by Gasteiger charge is 2.24. The van der Waals surface area contributed by atoms with Gasteiger partial charge in [0.05, 0.1) is 6.10 Å². The summed E-state index contributed by atoms with van der Waals surface area (Å²) >= 11 is 0. The molecule has 2 rings (SSSR count). The molecule has 1 aliphatic rings. The van der Waals surface area contributed by atoms with Gasteiger partial charge in [-0.15, -0.1) is 0 Å². The van der Waals surface area contributed by atoms with E-state index >= 15 is 0 Å². The monoisotopic (exact) mass is 289 g/mol. The van der Waals surface area contributed by atoms with Crippen molar-refractivity contribution in [2.45, 2.75) is 65.0 Å². The molecule has 0 radical (unpaired) electrons. The van der Waals surface area contributed by atoms with Gasteiger partial charge in [0.2, 0.25) is 0 Å². The molecule has 1 aromatic rings. The van der Waals surface area contributed by atoms with Gasteiger partial charge in [-0.2, -0.15) is 0 Å². The highest BCUT2D eigenvalue weighted by Crippen LogP contribution is 2.30. The summed E-state index contributed by atoms with van der Waals surface area (Å²) in [4.78, 5) is 2.37. The quantitative estimate of drug-likeness (QED) is 0.876. The van der Waals surface area contributed by atoms with Crippen LogP contribution in [-0.4, -0.2) is 29.6 Å². The number of hydrogen-bond acceptors (Lipinski definition) is 2. The number of aliphatic hydroxyl groups is 1. The normalized spacial score (nSPS) is 24.3. The van der Waals surface area contributed by atoms with Crippen molar-refractivity contribution in [1.82, 2.24) is 4.90 Å². The summed E-state index contributed by atoms with van der Waals surface area (Å²) in [7, 11) is 2.17. The van der Waals surface area contributed by atoms with Gasteiger partial charge in [0.1, 0.15) is 0 Å². The lowest BCUT2D eigenvalue weighted by molar-refractivity contribution is 0.0836. The summed E-state index contributed by atoms with van der Waals surface area (Å²) in [6.45, 7) is 7.24. The van der Waals surface area contributed by atoms with E-state index in [1.165, 1.54) is 43.2 Å². The Morgan fingerprint density at radius 1 is 1.19 bits per heavy atom. The molecule has 0 spiro atoms. The number of hydrogen-bond donors (Lipinski definition) is 1. The molecule has 1 unspecified atom stereocenters. The fourth-order valence-electron chi connectivity index (χ4n) is 3.71. The lowest BCUT2D eigenvalue weighted by atomic mass is 9.84. The van der Waals surface area contributed by atoms with Crippen LogP contribution in [0.5, 0.6) is 0 Å². The predicted molar refractivity (Wildman–Crippen MR) is 89.5 cm³/mol. The molecule has 1 saturated carbocycles. The molecule has 0 amide bonds. The zero-order valence-corrected chi connectivity index (χ0v) is 14.1. The molecule has 118 valence electrons. The van der Waals surface area contributed by atoms with Gasteiger partial charge >= 0.3 is 0 Å². The van der Waals surface area contributed by atoms with E-state index in [4.69, 9.17) is 0 Å². The van der Waals surface area contributed by atoms with Gasteiger partial charge in [-0.25, -0.2) is 0 Å². The van der Waals surface area contributed by atoms with Crippen molar-refractivity contribution in [2.24, 2.45) is 5.92 Å². The SMILES string of the molecule is CCC1CCC(N(C)CC(O)c2ccc(C)cc2C)CC1. The van der Waals surface area contributed by atoms with E-state index < -0.39 is 0 Å². The molecule has 0 saturated heterocycles. The van der Waals surface area contributed by atoms with Crippen LogP contribution in [-0.2, 0) is 0 Å². The maximum Gasteiger partial charge on any atom is 0.0919 e. The highest BCUT2D eigenvalue weighted by molar-refractivity contribution is 5.32. The largest absolute Gasteiger partial charge is 0.387 e. The third-order valence-corrected chi connectivity index (χ3v) is 5.26. The van der Waals surface area contributed by atoms with E-state index in [0.717, 1.165) is 18.0 Å². The first-order chi connectivity index (χ1) is 10.0. The molecule has 1 aromatic carbocycles. The van der Waals surface area contributed by atoms with E-state index in [1.54, 1.807) is 0 Å². The van der Waals surface area contributed by atoms with Crippen molar-refractivity contribution >= 4 is 0 Å². The van der Waals surface area contributed by atoms with Crippen LogP contribution < -0.4 is 0 Å². The fraction of sp³-hybridized carbons (Fsp3) is 0.684. The maximum absolute atomic E-state index is 10.5. The molecule has 2 nitrogen and oxygen atoms in total. The van der Waals surface area contributed by atoms with Crippen LogP contribution in [0.25, 0.3) is 0 Å². The third-order valence-electron chi connectivity index (χ3n) is 5.26. The van der Waals surface area contributed by atoms with Crippen LogP contribution >= 0.6 is 0 Å². The van der Waals surface area contributed by atoms with Crippen molar-refractivity contribution in [3.05, 3.63) is 34.9 Å². The van der Waals surface area contributed by atoms with Gasteiger partial charge in [-0.1, -0.05) is 37.1 Å². The summed E-state index contributed by atoms with van der Waals surface area (Å²) in [5.41, 5.74) is 3.54. The van der Waals surface area contributed by atoms with E-state index in [2.05, 4.69) is 50.9 Å². The van der Waals surface area contributed by atoms with Gasteiger partial charge in [-0.3, -0.25) is 0 Å². The zero-order chi connectivity index (χ0) is 15.4. The molecular weight excluding hydrogens is 258 g/mol. The van der Waals surface area contributed by atoms with Crippen molar-refractivity contribution < 1.29 is 5.11 Å². The van der Waals surface area contributed by atoms with Crippen molar-refractivity contribution in [3.63, 3.8) is 0 Å². The number of rotatable bonds is 5. The number of nitrogens with zero attached hydrogens (tertiary/aromatic N) is 1. The maximum atomic E-state index is 10.5. The first-order valence-electron chi connectivity index (χ1n) is 8.46. The minimum Gasteiger partial charge on any atom is -0.387 e. The zero-order valence-electron chi connectivity index (χ0n) is 14.1. The highest BCUT2D eigenvalue weighted by atomic mass is 16.3. The molecule has 0 heterocycles. The molecule has 1 atom stereocenters. The smallest absolute Gasteiger partial charge is 0.0919 e. The molecule has 1 fully saturated rings. The molecular formula is C19H31NO. The number of aryl methyl sites for hydroxylation is 2. The summed E-state index contributed by atoms with van der Waals surface area (Å²) in [6, 6.07) is 6.98. The molecule has 21 heavy (non-hydrogen) atoms. The standard InChI is InChI=1S/C19H31NO/c1-5-16-7-9-17(10-8-16)20(4)13-19(21)18-11-6-14(2)12-15(18)3/h6,11-12,16-17,19,21H,5,7-10,13H2,1-4H3. The van der Waals surface area contributed by atoms with Crippen molar-refractivity contribution in [3.8, 4) is 0 Å². The Morgan fingerprint density at radius 2 is 1.86 bits per heavy atom. The topological polar surface area (TPSA) is 23.5 Å². The van der Waals surface area contributed by atoms with Crippen LogP contribution in [0, 0.1) is 19.8 Å². The van der Waals surface area contributed by atoms with Crippen LogP contribution in [0.3, 0.4) is 0 Å². The van der Waals surface area contributed by atoms with E-state index in [1.807, 2.05) is 0 Å². The second kappa shape index (κ2) is 7.42. The number of likely N-dealkylation sites (N-methyl/N-ethyl adjacent to an activating group) is 1.